The molecule has 1 heterocycles. The van der Waals surface area contributed by atoms with E-state index in [9.17, 15) is 14.4 Å². The lowest BCUT2D eigenvalue weighted by Gasteiger charge is -2.30. The van der Waals surface area contributed by atoms with Gasteiger partial charge in [-0.25, -0.2) is 0 Å². The molecule has 0 aliphatic carbocycles. The number of hydrogen-bond acceptors (Lipinski definition) is 5. The van der Waals surface area contributed by atoms with Crippen molar-refractivity contribution >= 4 is 35.1 Å². The summed E-state index contributed by atoms with van der Waals surface area (Å²) >= 11 is 6.03. The van der Waals surface area contributed by atoms with Crippen molar-refractivity contribution in [2.75, 3.05) is 39.2 Å². The minimum Gasteiger partial charge on any atom is -0.495 e. The Hall–Kier alpha value is -2.32. The summed E-state index contributed by atoms with van der Waals surface area (Å²) in [4.78, 5) is 36.5. The van der Waals surface area contributed by atoms with Crippen LogP contribution in [0.2, 0.25) is 5.02 Å². The van der Waals surface area contributed by atoms with Crippen molar-refractivity contribution in [1.82, 2.24) is 5.32 Å². The molecule has 8 nitrogen and oxygen atoms in total. The molecule has 1 unspecified atom stereocenters. The van der Waals surface area contributed by atoms with Crippen LogP contribution in [-0.4, -0.2) is 57.7 Å². The van der Waals surface area contributed by atoms with Gasteiger partial charge in [-0.15, -0.1) is 0 Å². The third kappa shape index (κ3) is 5.07. The highest BCUT2D eigenvalue weighted by Crippen LogP contribution is 2.27. The second-order valence-corrected chi connectivity index (χ2v) is 6.01. The highest BCUT2D eigenvalue weighted by molar-refractivity contribution is 6.32. The van der Waals surface area contributed by atoms with E-state index in [1.807, 2.05) is 0 Å². The summed E-state index contributed by atoms with van der Waals surface area (Å²) in [6, 6.07) is 4.26. The molecule has 136 valence electrons. The SMILES string of the molecule is COC(=O)C[C@H]1C(=O)NCC[NH+]1CC(=O)Nc1ccc(OC)c(Cl)c1. The Labute approximate surface area is 150 Å². The van der Waals surface area contributed by atoms with E-state index in [1.165, 1.54) is 14.2 Å². The molecule has 2 atom stereocenters. The van der Waals surface area contributed by atoms with Crippen molar-refractivity contribution in [2.45, 2.75) is 12.5 Å². The molecule has 9 heteroatoms. The van der Waals surface area contributed by atoms with Crippen LogP contribution < -0.4 is 20.3 Å². The number of methoxy groups -OCH3 is 2. The predicted octanol–water partition coefficient (Wildman–Crippen LogP) is -0.766. The summed E-state index contributed by atoms with van der Waals surface area (Å²) in [5.41, 5.74) is 0.529. The average Bonchev–Trinajstić information content (AvgIpc) is 2.58. The quantitative estimate of drug-likeness (QED) is 0.571. The number of ether oxygens (including phenoxy) is 2. The number of rotatable bonds is 6. The van der Waals surface area contributed by atoms with Crippen LogP contribution in [0.5, 0.6) is 5.75 Å². The van der Waals surface area contributed by atoms with Gasteiger partial charge in [-0.05, 0) is 18.2 Å². The summed E-state index contributed by atoms with van der Waals surface area (Å²) in [5, 5.41) is 5.82. The molecular formula is C16H21ClN3O5+. The number of anilines is 1. The zero-order valence-electron chi connectivity index (χ0n) is 14.1. The lowest BCUT2D eigenvalue weighted by atomic mass is 10.1. The van der Waals surface area contributed by atoms with Crippen LogP contribution in [-0.2, 0) is 19.1 Å². The zero-order chi connectivity index (χ0) is 18.4. The van der Waals surface area contributed by atoms with E-state index in [0.717, 1.165) is 0 Å². The van der Waals surface area contributed by atoms with Crippen molar-refractivity contribution < 1.29 is 28.8 Å². The summed E-state index contributed by atoms with van der Waals surface area (Å²) in [6.45, 7) is 1.05. The number of carbonyl (C=O) groups is 3. The third-order valence-corrected chi connectivity index (χ3v) is 4.27. The fourth-order valence-corrected chi connectivity index (χ4v) is 2.94. The number of amides is 2. The Bertz CT molecular complexity index is 667. The normalized spacial score (nSPS) is 19.7. The molecule has 3 N–H and O–H groups in total. The lowest BCUT2D eigenvalue weighted by Crippen LogP contribution is -3.20. The molecule has 0 saturated carbocycles. The van der Waals surface area contributed by atoms with Crippen molar-refractivity contribution in [1.29, 1.82) is 0 Å². The largest absolute Gasteiger partial charge is 0.495 e. The van der Waals surface area contributed by atoms with Crippen molar-refractivity contribution in [2.24, 2.45) is 0 Å². The summed E-state index contributed by atoms with van der Waals surface area (Å²) in [7, 11) is 2.77. The maximum Gasteiger partial charge on any atom is 0.312 e. The van der Waals surface area contributed by atoms with Gasteiger partial charge >= 0.3 is 5.97 Å². The minimum absolute atomic E-state index is 0.0543. The number of nitrogens with one attached hydrogen (secondary N) is 3. The number of piperazine rings is 1. The number of quaternary nitrogens is 1. The molecule has 25 heavy (non-hydrogen) atoms. The van der Waals surface area contributed by atoms with Gasteiger partial charge in [0.15, 0.2) is 12.6 Å². The molecule has 2 amide bonds. The maximum absolute atomic E-state index is 12.3. The fourth-order valence-electron chi connectivity index (χ4n) is 2.68. The first-order chi connectivity index (χ1) is 11.9. The van der Waals surface area contributed by atoms with Crippen LogP contribution in [0.3, 0.4) is 0 Å². The lowest BCUT2D eigenvalue weighted by molar-refractivity contribution is -0.909. The molecule has 2 rings (SSSR count). The molecule has 0 bridgehead atoms. The Morgan fingerprint density at radius 2 is 2.16 bits per heavy atom. The van der Waals surface area contributed by atoms with Crippen LogP contribution in [0.4, 0.5) is 5.69 Å². The van der Waals surface area contributed by atoms with E-state index in [4.69, 9.17) is 16.3 Å². The van der Waals surface area contributed by atoms with Gasteiger partial charge in [-0.2, -0.15) is 0 Å². The first-order valence-electron chi connectivity index (χ1n) is 7.77. The molecule has 0 radical (unpaired) electrons. The number of carbonyl (C=O) groups excluding carboxylic acids is 3. The molecule has 1 saturated heterocycles. The van der Waals surface area contributed by atoms with Gasteiger partial charge in [0.05, 0.1) is 32.3 Å². The Kier molecular flexibility index (Phi) is 6.60. The monoisotopic (exact) mass is 370 g/mol. The fraction of sp³-hybridized carbons (Fsp3) is 0.438. The smallest absolute Gasteiger partial charge is 0.312 e. The molecule has 1 aliphatic rings. The Balaban J connectivity index is 2.00. The first-order valence-corrected chi connectivity index (χ1v) is 8.15. The van der Waals surface area contributed by atoms with E-state index in [2.05, 4.69) is 15.4 Å². The van der Waals surface area contributed by atoms with E-state index < -0.39 is 12.0 Å². The Morgan fingerprint density at radius 3 is 2.80 bits per heavy atom. The third-order valence-electron chi connectivity index (χ3n) is 3.98. The first kappa shape index (κ1) is 19.0. The van der Waals surface area contributed by atoms with E-state index >= 15 is 0 Å². The summed E-state index contributed by atoms with van der Waals surface area (Å²) in [5.74, 6) is -0.509. The molecule has 1 fully saturated rings. The maximum atomic E-state index is 12.3. The molecule has 0 aromatic heterocycles. The van der Waals surface area contributed by atoms with E-state index in [0.29, 0.717) is 34.4 Å². The van der Waals surface area contributed by atoms with Crippen LogP contribution in [0.1, 0.15) is 6.42 Å². The zero-order valence-corrected chi connectivity index (χ0v) is 14.8. The van der Waals surface area contributed by atoms with Crippen LogP contribution >= 0.6 is 11.6 Å². The summed E-state index contributed by atoms with van der Waals surface area (Å²) < 4.78 is 9.69. The van der Waals surface area contributed by atoms with E-state index in [1.54, 1.807) is 18.2 Å². The molecule has 1 aliphatic heterocycles. The van der Waals surface area contributed by atoms with E-state index in [-0.39, 0.29) is 24.8 Å². The van der Waals surface area contributed by atoms with Crippen molar-refractivity contribution in [3.8, 4) is 5.75 Å². The second kappa shape index (κ2) is 8.68. The molecular weight excluding hydrogens is 350 g/mol. The predicted molar refractivity (Wildman–Crippen MR) is 90.8 cm³/mol. The van der Waals surface area contributed by atoms with Gasteiger partial charge in [-0.3, -0.25) is 14.4 Å². The second-order valence-electron chi connectivity index (χ2n) is 5.61. The number of halogens is 1. The van der Waals surface area contributed by atoms with Gasteiger partial charge in [0.25, 0.3) is 11.8 Å². The highest BCUT2D eigenvalue weighted by Gasteiger charge is 2.36. The summed E-state index contributed by atoms with van der Waals surface area (Å²) in [6.07, 6.45) is -0.0701. The van der Waals surface area contributed by atoms with Crippen LogP contribution in [0.15, 0.2) is 18.2 Å². The topological polar surface area (TPSA) is 98.2 Å². The van der Waals surface area contributed by atoms with Gasteiger partial charge in [0.2, 0.25) is 0 Å². The number of hydrogen-bond donors (Lipinski definition) is 3. The highest BCUT2D eigenvalue weighted by atomic mass is 35.5. The van der Waals surface area contributed by atoms with Gasteiger partial charge < -0.3 is 25.0 Å². The van der Waals surface area contributed by atoms with Crippen molar-refractivity contribution in [3.63, 3.8) is 0 Å². The van der Waals surface area contributed by atoms with Crippen LogP contribution in [0.25, 0.3) is 0 Å². The standard InChI is InChI=1S/C16H20ClN3O5/c1-24-13-4-3-10(7-11(13)17)19-14(21)9-20-6-5-18-16(23)12(20)8-15(22)25-2/h3-4,7,12H,5-6,8-9H2,1-2H3,(H,18,23)(H,19,21)/p+1/t12-/m0/s1. The number of esters is 1. The molecule has 1 aromatic carbocycles. The van der Waals surface area contributed by atoms with Crippen LogP contribution in [0, 0.1) is 0 Å². The number of benzene rings is 1. The van der Waals surface area contributed by atoms with Gasteiger partial charge in [0.1, 0.15) is 12.2 Å². The van der Waals surface area contributed by atoms with Gasteiger partial charge in [-0.1, -0.05) is 11.6 Å². The minimum atomic E-state index is -0.647. The Morgan fingerprint density at radius 1 is 1.40 bits per heavy atom. The van der Waals surface area contributed by atoms with Crippen molar-refractivity contribution in [3.05, 3.63) is 23.2 Å². The van der Waals surface area contributed by atoms with Gasteiger partial charge in [0, 0.05) is 5.69 Å². The molecule has 0 spiro atoms. The average molecular weight is 371 g/mol. The molecule has 1 aromatic rings.